The molecule has 2 atom stereocenters. The van der Waals surface area contributed by atoms with Crippen LogP contribution in [-0.2, 0) is 9.53 Å². The van der Waals surface area contributed by atoms with E-state index in [9.17, 15) is 18.7 Å². The van der Waals surface area contributed by atoms with Crippen LogP contribution in [0.5, 0.6) is 11.5 Å². The van der Waals surface area contributed by atoms with Gasteiger partial charge in [0.05, 0.1) is 13.0 Å². The van der Waals surface area contributed by atoms with Crippen molar-refractivity contribution < 1.29 is 28.2 Å². The molecule has 34 heavy (non-hydrogen) atoms. The Labute approximate surface area is 202 Å². The molecule has 3 aromatic rings. The average Bonchev–Trinajstić information content (AvgIpc) is 2.81. The van der Waals surface area contributed by atoms with Crippen LogP contribution in [0.2, 0.25) is 0 Å². The molecule has 0 fully saturated rings. The summed E-state index contributed by atoms with van der Waals surface area (Å²) in [7, 11) is 1.42. The lowest BCUT2D eigenvalue weighted by Gasteiger charge is -2.26. The van der Waals surface area contributed by atoms with Crippen LogP contribution >= 0.6 is 12.2 Å². The van der Waals surface area contributed by atoms with Crippen molar-refractivity contribution in [3.63, 3.8) is 0 Å². The summed E-state index contributed by atoms with van der Waals surface area (Å²) in [4.78, 5) is 17.3. The first-order valence-electron chi connectivity index (χ1n) is 10.7. The topological polar surface area (TPSA) is 68.7 Å². The van der Waals surface area contributed by atoms with Crippen LogP contribution in [0.1, 0.15) is 43.0 Å². The molecular weight excluding hydrogens is 460 g/mol. The fourth-order valence-electron chi connectivity index (χ4n) is 3.71. The van der Waals surface area contributed by atoms with Gasteiger partial charge in [0.2, 0.25) is 0 Å². The van der Waals surface area contributed by atoms with Crippen LogP contribution in [0.4, 0.5) is 8.78 Å². The molecule has 0 saturated heterocycles. The van der Waals surface area contributed by atoms with Gasteiger partial charge >= 0.3 is 5.97 Å². The number of thiocarbonyl (C=S) groups is 1. The normalized spacial score (nSPS) is 12.8. The zero-order valence-corrected chi connectivity index (χ0v) is 19.8. The van der Waals surface area contributed by atoms with Gasteiger partial charge in [0.15, 0.2) is 11.5 Å². The van der Waals surface area contributed by atoms with E-state index in [4.69, 9.17) is 21.7 Å². The minimum absolute atomic E-state index is 0.131. The smallest absolute Gasteiger partial charge is 0.309 e. The van der Waals surface area contributed by atoms with E-state index in [1.54, 1.807) is 38.1 Å². The number of carbonyl (C=O) groups is 1. The van der Waals surface area contributed by atoms with Crippen molar-refractivity contribution >= 4 is 23.1 Å². The second kappa shape index (κ2) is 11.2. The van der Waals surface area contributed by atoms with Gasteiger partial charge in [0, 0.05) is 23.0 Å². The molecule has 0 unspecified atom stereocenters. The molecule has 0 saturated carbocycles. The van der Waals surface area contributed by atoms with Crippen molar-refractivity contribution in [2.45, 2.75) is 32.3 Å². The van der Waals surface area contributed by atoms with Gasteiger partial charge in [-0.15, -0.1) is 0 Å². The molecule has 0 radical (unpaired) electrons. The number of hydrogen-bond acceptors (Lipinski definition) is 6. The maximum absolute atomic E-state index is 13.5. The number of methoxy groups -OCH3 is 1. The van der Waals surface area contributed by atoms with E-state index >= 15 is 0 Å². The molecule has 5 nitrogen and oxygen atoms in total. The fraction of sp³-hybridized carbons (Fsp3) is 0.269. The first kappa shape index (κ1) is 25.2. The summed E-state index contributed by atoms with van der Waals surface area (Å²) in [5, 5.41) is 10.3. The fourth-order valence-corrected chi connectivity index (χ4v) is 4.10. The van der Waals surface area contributed by atoms with Gasteiger partial charge in [-0.1, -0.05) is 43.4 Å². The van der Waals surface area contributed by atoms with Gasteiger partial charge in [-0.2, -0.15) is 0 Å². The van der Waals surface area contributed by atoms with E-state index in [-0.39, 0.29) is 35.2 Å². The predicted molar refractivity (Wildman–Crippen MR) is 128 cm³/mol. The summed E-state index contributed by atoms with van der Waals surface area (Å²) in [6, 6.07) is 13.3. The van der Waals surface area contributed by atoms with E-state index in [1.807, 2.05) is 0 Å². The molecule has 0 spiro atoms. The largest absolute Gasteiger partial charge is 0.503 e. The highest BCUT2D eigenvalue weighted by Crippen LogP contribution is 2.32. The first-order valence-corrected chi connectivity index (χ1v) is 11.1. The van der Waals surface area contributed by atoms with Crippen LogP contribution in [-0.4, -0.2) is 34.1 Å². The maximum atomic E-state index is 13.5. The molecule has 0 aliphatic carbocycles. The van der Waals surface area contributed by atoms with E-state index in [0.717, 1.165) is 11.1 Å². The maximum Gasteiger partial charge on any atom is 0.309 e. The molecular formula is C26H25F2NO4S. The molecule has 0 aliphatic heterocycles. The van der Waals surface area contributed by atoms with Gasteiger partial charge in [0.1, 0.15) is 23.4 Å². The Balaban J connectivity index is 1.76. The third-order valence-electron chi connectivity index (χ3n) is 5.49. The first-order chi connectivity index (χ1) is 16.2. The van der Waals surface area contributed by atoms with Crippen LogP contribution in [0.15, 0.2) is 60.8 Å². The van der Waals surface area contributed by atoms with E-state index < -0.39 is 23.9 Å². The minimum Gasteiger partial charge on any atom is -0.503 e. The van der Waals surface area contributed by atoms with Gasteiger partial charge in [-0.3, -0.25) is 9.78 Å². The van der Waals surface area contributed by atoms with E-state index in [0.29, 0.717) is 4.86 Å². The zero-order valence-electron chi connectivity index (χ0n) is 19.0. The zero-order chi connectivity index (χ0) is 24.8. The Kier molecular flexibility index (Phi) is 8.28. The lowest BCUT2D eigenvalue weighted by atomic mass is 9.87. The third kappa shape index (κ3) is 5.94. The van der Waals surface area contributed by atoms with Crippen molar-refractivity contribution in [3.8, 4) is 11.5 Å². The van der Waals surface area contributed by atoms with Crippen molar-refractivity contribution in [1.82, 2.24) is 4.98 Å². The van der Waals surface area contributed by atoms with Gasteiger partial charge in [0.25, 0.3) is 0 Å². The summed E-state index contributed by atoms with van der Waals surface area (Å²) in [5.41, 5.74) is 1.63. The summed E-state index contributed by atoms with van der Waals surface area (Å²) in [6.07, 6.45) is 0.955. The number of halogens is 2. The number of carbonyl (C=O) groups excluding carboxylic acids is 1. The standard InChI is InChI=1S/C26H25F2NO4S/c1-15(14-22(34)24-25(30)21(32-3)12-13-29-24)26(31)33-16(2)23(17-4-8-19(27)9-5-17)18-6-10-20(28)11-7-18/h4-13,15-16,23,30H,14H2,1-3H3/t15-,16+/m0/s1. The minimum atomic E-state index is -0.636. The van der Waals surface area contributed by atoms with E-state index in [2.05, 4.69) is 4.98 Å². The number of pyridine rings is 1. The second-order valence-electron chi connectivity index (χ2n) is 7.96. The highest BCUT2D eigenvalue weighted by Gasteiger charge is 2.28. The van der Waals surface area contributed by atoms with E-state index in [1.165, 1.54) is 43.6 Å². The highest BCUT2D eigenvalue weighted by molar-refractivity contribution is 7.80. The summed E-state index contributed by atoms with van der Waals surface area (Å²) < 4.78 is 37.8. The summed E-state index contributed by atoms with van der Waals surface area (Å²) >= 11 is 5.40. The second-order valence-corrected chi connectivity index (χ2v) is 8.45. The Morgan fingerprint density at radius 2 is 1.53 bits per heavy atom. The van der Waals surface area contributed by atoms with Crippen LogP contribution < -0.4 is 4.74 Å². The molecule has 8 heteroatoms. The molecule has 0 amide bonds. The van der Waals surface area contributed by atoms with Crippen molar-refractivity contribution in [1.29, 1.82) is 0 Å². The number of esters is 1. The van der Waals surface area contributed by atoms with Gasteiger partial charge < -0.3 is 14.6 Å². The van der Waals surface area contributed by atoms with Crippen molar-refractivity contribution in [3.05, 3.63) is 89.2 Å². The van der Waals surface area contributed by atoms with Crippen LogP contribution in [0.3, 0.4) is 0 Å². The number of benzene rings is 2. The summed E-state index contributed by atoms with van der Waals surface area (Å²) in [5.74, 6) is -2.27. The quantitative estimate of drug-likeness (QED) is 0.242. The van der Waals surface area contributed by atoms with Crippen molar-refractivity contribution in [2.75, 3.05) is 7.11 Å². The SMILES string of the molecule is COc1ccnc(C(=S)C[C@H](C)C(=O)O[C@H](C)C(c2ccc(F)cc2)c2ccc(F)cc2)c1O. The number of aromatic hydroxyl groups is 1. The third-order valence-corrected chi connectivity index (χ3v) is 5.85. The summed E-state index contributed by atoms with van der Waals surface area (Å²) in [6.45, 7) is 3.40. The number of ether oxygens (including phenoxy) is 2. The molecule has 178 valence electrons. The Bertz CT molecular complexity index is 1110. The monoisotopic (exact) mass is 485 g/mol. The Morgan fingerprint density at radius 3 is 2.03 bits per heavy atom. The molecule has 2 aromatic carbocycles. The Hall–Kier alpha value is -3.39. The lowest BCUT2D eigenvalue weighted by Crippen LogP contribution is -2.27. The number of rotatable bonds is 9. The predicted octanol–water partition coefficient (Wildman–Crippen LogP) is 5.58. The van der Waals surface area contributed by atoms with Crippen LogP contribution in [0.25, 0.3) is 0 Å². The molecule has 1 N–H and O–H groups in total. The molecule has 0 aliphatic rings. The lowest BCUT2D eigenvalue weighted by molar-refractivity contribution is -0.153. The number of nitrogens with zero attached hydrogens (tertiary/aromatic N) is 1. The molecule has 3 rings (SSSR count). The molecule has 1 aromatic heterocycles. The van der Waals surface area contributed by atoms with Gasteiger partial charge in [-0.05, 0) is 48.7 Å². The molecule has 1 heterocycles. The number of aromatic nitrogens is 1. The highest BCUT2D eigenvalue weighted by atomic mass is 32.1. The average molecular weight is 486 g/mol. The molecule has 0 bridgehead atoms. The Morgan fingerprint density at radius 1 is 1.00 bits per heavy atom. The van der Waals surface area contributed by atoms with Gasteiger partial charge in [-0.25, -0.2) is 8.78 Å². The van der Waals surface area contributed by atoms with Crippen LogP contribution in [0, 0.1) is 17.6 Å². The van der Waals surface area contributed by atoms with Crippen molar-refractivity contribution in [2.24, 2.45) is 5.92 Å². The number of hydrogen-bond donors (Lipinski definition) is 1.